The van der Waals surface area contributed by atoms with Gasteiger partial charge < -0.3 is 10.2 Å². The molecule has 1 aliphatic heterocycles. The van der Waals surface area contributed by atoms with Crippen LogP contribution >= 0.6 is 11.3 Å². The molecule has 1 saturated heterocycles. The molecule has 0 atom stereocenters. The fourth-order valence-corrected chi connectivity index (χ4v) is 3.92. The van der Waals surface area contributed by atoms with E-state index in [1.807, 2.05) is 6.92 Å². The van der Waals surface area contributed by atoms with E-state index in [0.717, 1.165) is 48.4 Å². The van der Waals surface area contributed by atoms with Gasteiger partial charge >= 0.3 is 0 Å². The normalized spacial score (nSPS) is 16.2. The third-order valence-electron chi connectivity index (χ3n) is 4.22. The highest BCUT2D eigenvalue weighted by Gasteiger charge is 2.26. The van der Waals surface area contributed by atoms with Gasteiger partial charge in [-0.3, -0.25) is 4.79 Å². The van der Waals surface area contributed by atoms with Crippen LogP contribution in [-0.2, 0) is 11.2 Å². The summed E-state index contributed by atoms with van der Waals surface area (Å²) < 4.78 is 0. The molecule has 1 fully saturated rings. The minimum absolute atomic E-state index is 0.141. The van der Waals surface area contributed by atoms with Crippen molar-refractivity contribution in [1.82, 2.24) is 15.3 Å². The summed E-state index contributed by atoms with van der Waals surface area (Å²) in [6.45, 7) is 6.60. The van der Waals surface area contributed by atoms with Gasteiger partial charge in [0.25, 0.3) is 0 Å². The van der Waals surface area contributed by atoms with Gasteiger partial charge in [-0.05, 0) is 32.3 Å². The summed E-state index contributed by atoms with van der Waals surface area (Å²) in [4.78, 5) is 25.5. The number of thiophene rings is 1. The Morgan fingerprint density at radius 3 is 2.82 bits per heavy atom. The van der Waals surface area contributed by atoms with Crippen LogP contribution in [0.5, 0.6) is 0 Å². The zero-order chi connectivity index (χ0) is 15.5. The molecule has 3 rings (SSSR count). The molecule has 0 aromatic carbocycles. The maximum absolute atomic E-state index is 11.9. The monoisotopic (exact) mass is 318 g/mol. The highest BCUT2D eigenvalue weighted by molar-refractivity contribution is 7.18. The SMILES string of the molecule is CCNC(=O)C1CCN(c2ncnc3sc(CC)cc23)CC1. The summed E-state index contributed by atoms with van der Waals surface area (Å²) in [6, 6.07) is 2.21. The summed E-state index contributed by atoms with van der Waals surface area (Å²) in [7, 11) is 0. The van der Waals surface area contributed by atoms with Gasteiger partial charge in [0.05, 0.1) is 5.39 Å². The van der Waals surface area contributed by atoms with Crippen LogP contribution in [-0.4, -0.2) is 35.5 Å². The zero-order valence-corrected chi connectivity index (χ0v) is 13.9. The van der Waals surface area contributed by atoms with Crippen LogP contribution in [0.1, 0.15) is 31.6 Å². The van der Waals surface area contributed by atoms with Gasteiger partial charge in [-0.1, -0.05) is 6.92 Å². The highest BCUT2D eigenvalue weighted by Crippen LogP contribution is 2.32. The Balaban J connectivity index is 1.76. The predicted molar refractivity (Wildman–Crippen MR) is 90.4 cm³/mol. The molecule has 0 spiro atoms. The largest absolute Gasteiger partial charge is 0.356 e. The Kier molecular flexibility index (Phi) is 4.57. The van der Waals surface area contributed by atoms with Crippen LogP contribution in [0, 0.1) is 5.92 Å². The van der Waals surface area contributed by atoms with Crippen molar-refractivity contribution in [2.75, 3.05) is 24.5 Å². The molecule has 0 aliphatic carbocycles. The van der Waals surface area contributed by atoms with Gasteiger partial charge in [-0.25, -0.2) is 9.97 Å². The van der Waals surface area contributed by atoms with Gasteiger partial charge in [0.1, 0.15) is 17.0 Å². The minimum atomic E-state index is 0.141. The Labute approximate surface area is 134 Å². The van der Waals surface area contributed by atoms with Crippen LogP contribution in [0.25, 0.3) is 10.2 Å². The van der Waals surface area contributed by atoms with E-state index in [4.69, 9.17) is 0 Å². The number of fused-ring (bicyclic) bond motifs is 1. The number of aryl methyl sites for hydroxylation is 1. The number of nitrogens with one attached hydrogen (secondary N) is 1. The van der Waals surface area contributed by atoms with Crippen LogP contribution in [0.3, 0.4) is 0 Å². The average molecular weight is 318 g/mol. The molecule has 1 amide bonds. The summed E-state index contributed by atoms with van der Waals surface area (Å²) in [5.41, 5.74) is 0. The molecule has 2 aromatic heterocycles. The number of nitrogens with zero attached hydrogens (tertiary/aromatic N) is 3. The number of amides is 1. The molecule has 3 heterocycles. The predicted octanol–water partition coefficient (Wildman–Crippen LogP) is 2.61. The van der Waals surface area contributed by atoms with E-state index in [1.54, 1.807) is 17.7 Å². The molecule has 1 aliphatic rings. The first kappa shape index (κ1) is 15.2. The molecule has 118 valence electrons. The van der Waals surface area contributed by atoms with Crippen LogP contribution < -0.4 is 10.2 Å². The lowest BCUT2D eigenvalue weighted by Gasteiger charge is -2.32. The van der Waals surface area contributed by atoms with Gasteiger partial charge in [-0.2, -0.15) is 0 Å². The molecule has 0 radical (unpaired) electrons. The highest BCUT2D eigenvalue weighted by atomic mass is 32.1. The Hall–Kier alpha value is -1.69. The molecule has 0 bridgehead atoms. The van der Waals surface area contributed by atoms with E-state index in [2.05, 4.69) is 33.2 Å². The van der Waals surface area contributed by atoms with Crippen LogP contribution in [0.2, 0.25) is 0 Å². The minimum Gasteiger partial charge on any atom is -0.356 e. The van der Waals surface area contributed by atoms with Gasteiger partial charge in [-0.15, -0.1) is 11.3 Å². The Morgan fingerprint density at radius 2 is 2.14 bits per heavy atom. The van der Waals surface area contributed by atoms with E-state index in [1.165, 1.54) is 4.88 Å². The summed E-state index contributed by atoms with van der Waals surface area (Å²) >= 11 is 1.75. The van der Waals surface area contributed by atoms with Crippen LogP contribution in [0.4, 0.5) is 5.82 Å². The lowest BCUT2D eigenvalue weighted by atomic mass is 9.96. The van der Waals surface area contributed by atoms with Gasteiger partial charge in [0.2, 0.25) is 5.91 Å². The third-order valence-corrected chi connectivity index (χ3v) is 5.41. The van der Waals surface area contributed by atoms with Gasteiger partial charge in [0.15, 0.2) is 0 Å². The Morgan fingerprint density at radius 1 is 1.36 bits per heavy atom. The molecule has 0 unspecified atom stereocenters. The quantitative estimate of drug-likeness (QED) is 0.941. The van der Waals surface area contributed by atoms with E-state index >= 15 is 0 Å². The second-order valence-electron chi connectivity index (χ2n) is 5.64. The topological polar surface area (TPSA) is 58.1 Å². The molecular weight excluding hydrogens is 296 g/mol. The number of hydrogen-bond acceptors (Lipinski definition) is 5. The summed E-state index contributed by atoms with van der Waals surface area (Å²) in [5, 5.41) is 4.08. The van der Waals surface area contributed by atoms with Crippen molar-refractivity contribution in [2.24, 2.45) is 5.92 Å². The van der Waals surface area contributed by atoms with Crippen molar-refractivity contribution in [3.8, 4) is 0 Å². The first-order chi connectivity index (χ1) is 10.7. The van der Waals surface area contributed by atoms with E-state index < -0.39 is 0 Å². The van der Waals surface area contributed by atoms with Crippen molar-refractivity contribution in [2.45, 2.75) is 33.1 Å². The second kappa shape index (κ2) is 6.60. The molecular formula is C16H22N4OS. The number of hydrogen-bond donors (Lipinski definition) is 1. The fraction of sp³-hybridized carbons (Fsp3) is 0.562. The fourth-order valence-electron chi connectivity index (χ4n) is 2.99. The second-order valence-corrected chi connectivity index (χ2v) is 6.75. The number of piperidine rings is 1. The number of rotatable bonds is 4. The summed E-state index contributed by atoms with van der Waals surface area (Å²) in [5.74, 6) is 1.36. The first-order valence-corrected chi connectivity index (χ1v) is 8.80. The van der Waals surface area contributed by atoms with Crippen molar-refractivity contribution in [3.05, 3.63) is 17.3 Å². The zero-order valence-electron chi connectivity index (χ0n) is 13.1. The van der Waals surface area contributed by atoms with E-state index in [0.29, 0.717) is 6.54 Å². The lowest BCUT2D eigenvalue weighted by Crippen LogP contribution is -2.40. The molecule has 6 heteroatoms. The average Bonchev–Trinajstić information content (AvgIpc) is 2.98. The van der Waals surface area contributed by atoms with Crippen molar-refractivity contribution >= 4 is 33.3 Å². The van der Waals surface area contributed by atoms with Crippen LogP contribution in [0.15, 0.2) is 12.4 Å². The Bertz CT molecular complexity index is 661. The first-order valence-electron chi connectivity index (χ1n) is 7.99. The number of anilines is 1. The van der Waals surface area contributed by atoms with Crippen molar-refractivity contribution < 1.29 is 4.79 Å². The molecule has 22 heavy (non-hydrogen) atoms. The summed E-state index contributed by atoms with van der Waals surface area (Å²) in [6.07, 6.45) is 4.47. The standard InChI is InChI=1S/C16H22N4OS/c1-3-12-9-13-14(18-10-19-16(13)22-12)20-7-5-11(6-8-20)15(21)17-4-2/h9-11H,3-8H2,1-2H3,(H,17,21). The van der Waals surface area contributed by atoms with Crippen molar-refractivity contribution in [1.29, 1.82) is 0 Å². The maximum atomic E-state index is 11.9. The van der Waals surface area contributed by atoms with E-state index in [9.17, 15) is 4.79 Å². The molecule has 5 nitrogen and oxygen atoms in total. The smallest absolute Gasteiger partial charge is 0.223 e. The maximum Gasteiger partial charge on any atom is 0.223 e. The lowest BCUT2D eigenvalue weighted by molar-refractivity contribution is -0.125. The number of aromatic nitrogens is 2. The molecule has 1 N–H and O–H groups in total. The van der Waals surface area contributed by atoms with E-state index in [-0.39, 0.29) is 11.8 Å². The molecule has 0 saturated carbocycles. The van der Waals surface area contributed by atoms with Gasteiger partial charge in [0, 0.05) is 30.4 Å². The number of carbonyl (C=O) groups is 1. The third kappa shape index (κ3) is 2.92. The number of carbonyl (C=O) groups excluding carboxylic acids is 1. The van der Waals surface area contributed by atoms with Crippen molar-refractivity contribution in [3.63, 3.8) is 0 Å². The molecule has 2 aromatic rings.